The summed E-state index contributed by atoms with van der Waals surface area (Å²) in [5, 5.41) is 0. The van der Waals surface area contributed by atoms with Crippen LogP contribution in [0, 0.1) is 11.3 Å². The van der Waals surface area contributed by atoms with Crippen molar-refractivity contribution >= 4 is 0 Å². The highest BCUT2D eigenvalue weighted by Gasteiger charge is 2.21. The Kier molecular flexibility index (Phi) is 4.00. The summed E-state index contributed by atoms with van der Waals surface area (Å²) in [6.45, 7) is 11.6. The molecular weight excluding hydrogens is 120 g/mol. The number of hydrogen-bond acceptors (Lipinski definition) is 0. The van der Waals surface area contributed by atoms with Crippen LogP contribution in [0.15, 0.2) is 0 Å². The van der Waals surface area contributed by atoms with Crippen molar-refractivity contribution < 1.29 is 0 Å². The van der Waals surface area contributed by atoms with Gasteiger partial charge in [-0.1, -0.05) is 53.9 Å². The molecule has 0 spiro atoms. The van der Waals surface area contributed by atoms with Gasteiger partial charge in [0.25, 0.3) is 0 Å². The van der Waals surface area contributed by atoms with E-state index in [1.807, 2.05) is 0 Å². The largest absolute Gasteiger partial charge is 0.0654 e. The summed E-state index contributed by atoms with van der Waals surface area (Å²) in [6.07, 6.45) is 4.05. The fourth-order valence-electron chi connectivity index (χ4n) is 1.60. The third-order valence-electron chi connectivity index (χ3n) is 2.35. The van der Waals surface area contributed by atoms with Gasteiger partial charge in [-0.3, -0.25) is 0 Å². The van der Waals surface area contributed by atoms with Gasteiger partial charge in [0.15, 0.2) is 0 Å². The fourth-order valence-corrected chi connectivity index (χ4v) is 1.60. The van der Waals surface area contributed by atoms with E-state index in [0.29, 0.717) is 5.41 Å². The van der Waals surface area contributed by atoms with Crippen LogP contribution in [-0.2, 0) is 0 Å². The Labute approximate surface area is 66.0 Å². The van der Waals surface area contributed by atoms with Crippen molar-refractivity contribution in [3.63, 3.8) is 0 Å². The number of hydrogen-bond donors (Lipinski definition) is 0. The molecular formula is C10H22. The predicted molar refractivity (Wildman–Crippen MR) is 48.1 cm³/mol. The Bertz CT molecular complexity index is 76.5. The first-order valence-corrected chi connectivity index (χ1v) is 4.52. The molecule has 0 aromatic heterocycles. The van der Waals surface area contributed by atoms with E-state index in [-0.39, 0.29) is 0 Å². The summed E-state index contributed by atoms with van der Waals surface area (Å²) in [7, 11) is 0. The normalized spacial score (nSPS) is 15.3. The summed E-state index contributed by atoms with van der Waals surface area (Å²) < 4.78 is 0. The van der Waals surface area contributed by atoms with Crippen molar-refractivity contribution in [2.45, 2.75) is 53.9 Å². The average Bonchev–Trinajstić information content (AvgIpc) is 1.80. The molecule has 0 nitrogen and oxygen atoms in total. The second kappa shape index (κ2) is 4.00. The van der Waals surface area contributed by atoms with Crippen LogP contribution in [0.5, 0.6) is 0 Å². The molecule has 0 heterocycles. The topological polar surface area (TPSA) is 0 Å². The van der Waals surface area contributed by atoms with Crippen LogP contribution in [0.3, 0.4) is 0 Å². The summed E-state index contributed by atoms with van der Waals surface area (Å²) in [4.78, 5) is 0. The van der Waals surface area contributed by atoms with E-state index in [2.05, 4.69) is 34.6 Å². The minimum Gasteiger partial charge on any atom is -0.0654 e. The third kappa shape index (κ3) is 3.24. The van der Waals surface area contributed by atoms with Crippen LogP contribution >= 0.6 is 0 Å². The van der Waals surface area contributed by atoms with E-state index in [9.17, 15) is 0 Å². The SMILES string of the molecule is CCCC(CC)C(C)(C)C. The van der Waals surface area contributed by atoms with Gasteiger partial charge in [-0.05, 0) is 11.3 Å². The minimum absolute atomic E-state index is 0.519. The van der Waals surface area contributed by atoms with Gasteiger partial charge in [0.05, 0.1) is 0 Å². The van der Waals surface area contributed by atoms with Gasteiger partial charge in [0, 0.05) is 0 Å². The van der Waals surface area contributed by atoms with Crippen molar-refractivity contribution in [3.8, 4) is 0 Å². The Morgan fingerprint density at radius 1 is 1.10 bits per heavy atom. The van der Waals surface area contributed by atoms with Gasteiger partial charge >= 0.3 is 0 Å². The van der Waals surface area contributed by atoms with Gasteiger partial charge in [-0.25, -0.2) is 0 Å². The van der Waals surface area contributed by atoms with Crippen LogP contribution in [0.25, 0.3) is 0 Å². The molecule has 1 unspecified atom stereocenters. The molecule has 62 valence electrons. The maximum atomic E-state index is 2.34. The Balaban J connectivity index is 3.81. The highest BCUT2D eigenvalue weighted by molar-refractivity contribution is 4.71. The molecule has 1 atom stereocenters. The first-order chi connectivity index (χ1) is 4.52. The van der Waals surface area contributed by atoms with Gasteiger partial charge in [0.1, 0.15) is 0 Å². The van der Waals surface area contributed by atoms with Crippen molar-refractivity contribution in [1.82, 2.24) is 0 Å². The van der Waals surface area contributed by atoms with Crippen molar-refractivity contribution in [2.24, 2.45) is 11.3 Å². The summed E-state index contributed by atoms with van der Waals surface area (Å²) in [5.74, 6) is 0.914. The van der Waals surface area contributed by atoms with Gasteiger partial charge in [0.2, 0.25) is 0 Å². The molecule has 0 aromatic rings. The molecule has 0 saturated carbocycles. The average molecular weight is 142 g/mol. The predicted octanol–water partition coefficient (Wildman–Crippen LogP) is 3.86. The van der Waals surface area contributed by atoms with Crippen molar-refractivity contribution in [2.75, 3.05) is 0 Å². The lowest BCUT2D eigenvalue weighted by atomic mass is 9.77. The van der Waals surface area contributed by atoms with E-state index >= 15 is 0 Å². The molecule has 0 radical (unpaired) electrons. The smallest absolute Gasteiger partial charge is 0.0354 e. The molecule has 0 saturated heterocycles. The fraction of sp³-hybridized carbons (Fsp3) is 1.00. The quantitative estimate of drug-likeness (QED) is 0.561. The molecule has 0 heteroatoms. The molecule has 0 N–H and O–H groups in total. The van der Waals surface area contributed by atoms with E-state index in [1.54, 1.807) is 0 Å². The number of rotatable bonds is 3. The molecule has 0 fully saturated rings. The Morgan fingerprint density at radius 3 is 1.70 bits per heavy atom. The monoisotopic (exact) mass is 142 g/mol. The zero-order chi connectivity index (χ0) is 8.20. The lowest BCUT2D eigenvalue weighted by Crippen LogP contribution is -2.19. The Hall–Kier alpha value is 0. The standard InChI is InChI=1S/C10H22/c1-6-8-9(7-2)10(3,4)5/h9H,6-8H2,1-5H3. The molecule has 0 aliphatic rings. The highest BCUT2D eigenvalue weighted by Crippen LogP contribution is 2.31. The van der Waals surface area contributed by atoms with Gasteiger partial charge < -0.3 is 0 Å². The summed E-state index contributed by atoms with van der Waals surface area (Å²) in [5.41, 5.74) is 0.519. The molecule has 0 rings (SSSR count). The van der Waals surface area contributed by atoms with Gasteiger partial charge in [-0.2, -0.15) is 0 Å². The van der Waals surface area contributed by atoms with Crippen molar-refractivity contribution in [1.29, 1.82) is 0 Å². The van der Waals surface area contributed by atoms with Crippen LogP contribution in [0.2, 0.25) is 0 Å². The molecule has 0 aliphatic heterocycles. The molecule has 0 bridgehead atoms. The summed E-state index contributed by atoms with van der Waals surface area (Å²) in [6, 6.07) is 0. The third-order valence-corrected chi connectivity index (χ3v) is 2.35. The highest BCUT2D eigenvalue weighted by atomic mass is 14.3. The van der Waals surface area contributed by atoms with Crippen LogP contribution in [0.1, 0.15) is 53.9 Å². The lowest BCUT2D eigenvalue weighted by Gasteiger charge is -2.29. The maximum Gasteiger partial charge on any atom is -0.0354 e. The lowest BCUT2D eigenvalue weighted by molar-refractivity contribution is 0.217. The minimum atomic E-state index is 0.519. The first kappa shape index (κ1) is 10.0. The molecule has 10 heavy (non-hydrogen) atoms. The zero-order valence-electron chi connectivity index (χ0n) is 8.20. The first-order valence-electron chi connectivity index (χ1n) is 4.52. The second-order valence-electron chi connectivity index (χ2n) is 4.26. The van der Waals surface area contributed by atoms with E-state index in [1.165, 1.54) is 19.3 Å². The van der Waals surface area contributed by atoms with Crippen LogP contribution < -0.4 is 0 Å². The zero-order valence-corrected chi connectivity index (χ0v) is 8.20. The molecule has 0 aromatic carbocycles. The maximum absolute atomic E-state index is 2.34. The molecule has 0 amide bonds. The van der Waals surface area contributed by atoms with E-state index in [4.69, 9.17) is 0 Å². The van der Waals surface area contributed by atoms with Crippen LogP contribution in [-0.4, -0.2) is 0 Å². The van der Waals surface area contributed by atoms with Crippen LogP contribution in [0.4, 0.5) is 0 Å². The molecule has 0 aliphatic carbocycles. The van der Waals surface area contributed by atoms with Crippen molar-refractivity contribution in [3.05, 3.63) is 0 Å². The van der Waals surface area contributed by atoms with E-state index in [0.717, 1.165) is 5.92 Å². The Morgan fingerprint density at radius 2 is 1.60 bits per heavy atom. The van der Waals surface area contributed by atoms with Gasteiger partial charge in [-0.15, -0.1) is 0 Å². The van der Waals surface area contributed by atoms with E-state index < -0.39 is 0 Å². The summed E-state index contributed by atoms with van der Waals surface area (Å²) >= 11 is 0. The second-order valence-corrected chi connectivity index (χ2v) is 4.26.